The van der Waals surface area contributed by atoms with Crippen LogP contribution >= 0.6 is 15.9 Å². The van der Waals surface area contributed by atoms with E-state index in [9.17, 15) is 9.18 Å². The van der Waals surface area contributed by atoms with E-state index >= 15 is 0 Å². The lowest BCUT2D eigenvalue weighted by molar-refractivity contribution is 0.0986. The van der Waals surface area contributed by atoms with Gasteiger partial charge in [0.2, 0.25) is 0 Å². The summed E-state index contributed by atoms with van der Waals surface area (Å²) in [5.74, 6) is -0.657. The Balaban J connectivity index is 1.95. The highest BCUT2D eigenvalue weighted by Crippen LogP contribution is 2.28. The third-order valence-corrected chi connectivity index (χ3v) is 4.23. The van der Waals surface area contributed by atoms with Gasteiger partial charge in [-0.15, -0.1) is 0 Å². The van der Waals surface area contributed by atoms with Gasteiger partial charge in [0.25, 0.3) is 0 Å². The summed E-state index contributed by atoms with van der Waals surface area (Å²) in [4.78, 5) is 24.3. The average molecular weight is 360 g/mol. The second-order valence-corrected chi connectivity index (χ2v) is 5.71. The molecule has 0 saturated carbocycles. The molecule has 4 nitrogen and oxygen atoms in total. The summed E-state index contributed by atoms with van der Waals surface area (Å²) in [7, 11) is 0. The largest absolute Gasteiger partial charge is 0.291 e. The first-order chi connectivity index (χ1) is 10.6. The average Bonchev–Trinajstić information content (AvgIpc) is 2.55. The number of hydrogen-bond acceptors (Lipinski definition) is 4. The van der Waals surface area contributed by atoms with Crippen molar-refractivity contribution in [1.82, 2.24) is 15.0 Å². The number of benzene rings is 1. The SMILES string of the molecule is Cc1nc(C(=O)[C@H](Br)c2ccc3nccnc3c2)ccc1F. The third-order valence-electron chi connectivity index (χ3n) is 3.29. The van der Waals surface area contributed by atoms with Crippen molar-refractivity contribution in [2.75, 3.05) is 0 Å². The number of pyridine rings is 1. The maximum atomic E-state index is 13.3. The molecule has 0 fully saturated rings. The zero-order valence-corrected chi connectivity index (χ0v) is 13.2. The maximum absolute atomic E-state index is 13.3. The van der Waals surface area contributed by atoms with Crippen molar-refractivity contribution < 1.29 is 9.18 Å². The van der Waals surface area contributed by atoms with Gasteiger partial charge in [0.05, 0.1) is 16.7 Å². The van der Waals surface area contributed by atoms with Gasteiger partial charge < -0.3 is 0 Å². The van der Waals surface area contributed by atoms with Gasteiger partial charge in [0.1, 0.15) is 16.3 Å². The monoisotopic (exact) mass is 359 g/mol. The summed E-state index contributed by atoms with van der Waals surface area (Å²) in [6.07, 6.45) is 3.21. The first-order valence-corrected chi connectivity index (χ1v) is 7.50. The van der Waals surface area contributed by atoms with Gasteiger partial charge in [-0.1, -0.05) is 22.0 Å². The number of carbonyl (C=O) groups excluding carboxylic acids is 1. The number of halogens is 2. The highest BCUT2D eigenvalue weighted by Gasteiger charge is 2.21. The summed E-state index contributed by atoms with van der Waals surface area (Å²) in [6, 6.07) is 8.06. The normalized spacial score (nSPS) is 12.3. The van der Waals surface area contributed by atoms with Crippen molar-refractivity contribution in [2.24, 2.45) is 0 Å². The third kappa shape index (κ3) is 2.74. The predicted molar refractivity (Wildman–Crippen MR) is 84.5 cm³/mol. The van der Waals surface area contributed by atoms with Crippen LogP contribution in [0.3, 0.4) is 0 Å². The van der Waals surface area contributed by atoms with Crippen molar-refractivity contribution in [3.63, 3.8) is 0 Å². The summed E-state index contributed by atoms with van der Waals surface area (Å²) in [5.41, 5.74) is 2.64. The molecule has 0 amide bonds. The molecule has 3 aromatic rings. The van der Waals surface area contributed by atoms with E-state index in [4.69, 9.17) is 0 Å². The lowest BCUT2D eigenvalue weighted by Gasteiger charge is -2.10. The molecule has 0 saturated heterocycles. The molecule has 0 N–H and O–H groups in total. The second kappa shape index (κ2) is 5.88. The fourth-order valence-corrected chi connectivity index (χ4v) is 2.62. The summed E-state index contributed by atoms with van der Waals surface area (Å²) in [5, 5.41) is 0. The van der Waals surface area contributed by atoms with Crippen LogP contribution in [0.25, 0.3) is 11.0 Å². The number of aryl methyl sites for hydroxylation is 1. The first kappa shape index (κ1) is 14.7. The predicted octanol–water partition coefficient (Wildman–Crippen LogP) is 3.79. The highest BCUT2D eigenvalue weighted by molar-refractivity contribution is 9.09. The number of nitrogens with zero attached hydrogens (tertiary/aromatic N) is 3. The standard InChI is InChI=1S/C16H11BrFN3O/c1-9-11(18)3-5-13(21-9)16(22)15(17)10-2-4-12-14(8-10)20-7-6-19-12/h2-8,15H,1H3/t15-/m1/s1. The molecule has 110 valence electrons. The summed E-state index contributed by atoms with van der Waals surface area (Å²) < 4.78 is 13.3. The molecule has 0 aliphatic rings. The van der Waals surface area contributed by atoms with Crippen molar-refractivity contribution in [2.45, 2.75) is 11.8 Å². The molecule has 1 atom stereocenters. The number of Topliss-reactive ketones (excluding diaryl/α,β-unsaturated/α-hetero) is 1. The molecule has 0 bridgehead atoms. The number of hydrogen-bond donors (Lipinski definition) is 0. The Hall–Kier alpha value is -2.21. The first-order valence-electron chi connectivity index (χ1n) is 6.58. The second-order valence-electron chi connectivity index (χ2n) is 4.80. The van der Waals surface area contributed by atoms with Gasteiger partial charge in [-0.2, -0.15) is 0 Å². The minimum Gasteiger partial charge on any atom is -0.291 e. The van der Waals surface area contributed by atoms with Crippen LogP contribution in [0.15, 0.2) is 42.7 Å². The molecule has 0 aliphatic heterocycles. The van der Waals surface area contributed by atoms with Gasteiger partial charge in [-0.05, 0) is 36.8 Å². The van der Waals surface area contributed by atoms with Crippen LogP contribution in [-0.4, -0.2) is 20.7 Å². The Morgan fingerprint density at radius 1 is 1.14 bits per heavy atom. The molecule has 6 heteroatoms. The van der Waals surface area contributed by atoms with Gasteiger partial charge in [0.15, 0.2) is 5.78 Å². The fourth-order valence-electron chi connectivity index (χ4n) is 2.10. The van der Waals surface area contributed by atoms with Crippen molar-refractivity contribution >= 4 is 32.7 Å². The summed E-state index contributed by atoms with van der Waals surface area (Å²) in [6.45, 7) is 1.53. The Morgan fingerprint density at radius 3 is 2.59 bits per heavy atom. The Bertz CT molecular complexity index is 869. The van der Waals surface area contributed by atoms with Gasteiger partial charge in [-0.3, -0.25) is 14.8 Å². The highest BCUT2D eigenvalue weighted by atomic mass is 79.9. The topological polar surface area (TPSA) is 55.7 Å². The quantitative estimate of drug-likeness (QED) is 0.527. The van der Waals surface area contributed by atoms with Crippen molar-refractivity contribution in [3.05, 3.63) is 65.5 Å². The molecular formula is C16H11BrFN3O. The molecule has 3 rings (SSSR count). The molecule has 1 aromatic carbocycles. The number of alkyl halides is 1. The minimum atomic E-state index is -0.573. The zero-order valence-electron chi connectivity index (χ0n) is 11.6. The van der Waals surface area contributed by atoms with Crippen LogP contribution in [0, 0.1) is 12.7 Å². The van der Waals surface area contributed by atoms with E-state index < -0.39 is 10.6 Å². The van der Waals surface area contributed by atoms with Crippen molar-refractivity contribution in [1.29, 1.82) is 0 Å². The van der Waals surface area contributed by atoms with E-state index in [-0.39, 0.29) is 17.2 Å². The Morgan fingerprint density at radius 2 is 1.86 bits per heavy atom. The number of aromatic nitrogens is 3. The van der Waals surface area contributed by atoms with Gasteiger partial charge in [0, 0.05) is 12.4 Å². The van der Waals surface area contributed by atoms with Crippen LogP contribution in [0.1, 0.15) is 26.6 Å². The number of ketones is 1. The zero-order chi connectivity index (χ0) is 15.7. The van der Waals surface area contributed by atoms with Crippen LogP contribution in [0.2, 0.25) is 0 Å². The Kier molecular flexibility index (Phi) is 3.94. The lowest BCUT2D eigenvalue weighted by Crippen LogP contribution is -2.10. The Labute approximate surface area is 134 Å². The fraction of sp³-hybridized carbons (Fsp3) is 0.125. The van der Waals surface area contributed by atoms with Crippen molar-refractivity contribution in [3.8, 4) is 0 Å². The molecule has 0 aliphatic carbocycles. The molecular weight excluding hydrogens is 349 g/mol. The minimum absolute atomic E-state index is 0.204. The smallest absolute Gasteiger partial charge is 0.199 e. The van der Waals surface area contributed by atoms with E-state index in [2.05, 4.69) is 30.9 Å². The van der Waals surface area contributed by atoms with E-state index in [1.807, 2.05) is 12.1 Å². The molecule has 2 aromatic heterocycles. The number of rotatable bonds is 3. The van der Waals surface area contributed by atoms with Crippen LogP contribution in [0.4, 0.5) is 4.39 Å². The van der Waals surface area contributed by atoms with Gasteiger partial charge in [-0.25, -0.2) is 9.37 Å². The summed E-state index contributed by atoms with van der Waals surface area (Å²) >= 11 is 3.39. The van der Waals surface area contributed by atoms with E-state index in [1.165, 1.54) is 19.1 Å². The van der Waals surface area contributed by atoms with E-state index in [1.54, 1.807) is 18.5 Å². The maximum Gasteiger partial charge on any atom is 0.199 e. The van der Waals surface area contributed by atoms with Gasteiger partial charge >= 0.3 is 0 Å². The van der Waals surface area contributed by atoms with Crippen LogP contribution < -0.4 is 0 Å². The van der Waals surface area contributed by atoms with E-state index in [0.717, 1.165) is 11.1 Å². The van der Waals surface area contributed by atoms with E-state index in [0.29, 0.717) is 5.52 Å². The lowest BCUT2D eigenvalue weighted by atomic mass is 10.1. The number of fused-ring (bicyclic) bond motifs is 1. The molecule has 2 heterocycles. The van der Waals surface area contributed by atoms with Crippen LogP contribution in [-0.2, 0) is 0 Å². The van der Waals surface area contributed by atoms with Crippen LogP contribution in [0.5, 0.6) is 0 Å². The number of carbonyl (C=O) groups is 1. The molecule has 0 spiro atoms. The molecule has 22 heavy (non-hydrogen) atoms. The molecule has 0 unspecified atom stereocenters. The molecule has 0 radical (unpaired) electrons.